The van der Waals surface area contributed by atoms with Gasteiger partial charge in [0, 0.05) is 0 Å². The molecule has 1 fully saturated rings. The number of methoxy groups -OCH3 is 1. The number of carbonyl (C=O) groups is 1. The Balaban J connectivity index is 2.64. The number of piperidine rings is 1. The van der Waals surface area contributed by atoms with Crippen molar-refractivity contribution in [1.82, 2.24) is 4.90 Å². The van der Waals surface area contributed by atoms with Gasteiger partial charge in [0.2, 0.25) is 0 Å². The first-order valence-corrected chi connectivity index (χ1v) is 5.91. The lowest BCUT2D eigenvalue weighted by Gasteiger charge is -2.38. The Morgan fingerprint density at radius 3 is 2.47 bits per heavy atom. The van der Waals surface area contributed by atoms with E-state index >= 15 is 0 Å². The Labute approximate surface area is 92.8 Å². The first kappa shape index (κ1) is 12.5. The molecule has 0 atom stereocenters. The zero-order valence-corrected chi connectivity index (χ0v) is 10.2. The molecule has 3 heteroatoms. The molecule has 0 aromatic heterocycles. The van der Waals surface area contributed by atoms with Crippen LogP contribution >= 0.6 is 0 Å². The van der Waals surface area contributed by atoms with Gasteiger partial charge in [0.05, 0.1) is 12.5 Å². The largest absolute Gasteiger partial charge is 0.469 e. The van der Waals surface area contributed by atoms with E-state index in [4.69, 9.17) is 4.74 Å². The summed E-state index contributed by atoms with van der Waals surface area (Å²) in [7, 11) is 3.62. The van der Waals surface area contributed by atoms with E-state index < -0.39 is 0 Å². The zero-order chi connectivity index (χ0) is 11.3. The first-order chi connectivity index (χ1) is 7.14. The second-order valence-electron chi connectivity index (χ2n) is 4.68. The standard InChI is InChI=1S/C12H23NO2/c1-4-5-6-12(11(14)15-3)7-9-13(2)10-8-12/h4-10H2,1-3H3. The van der Waals surface area contributed by atoms with E-state index in [1.807, 2.05) is 0 Å². The molecule has 0 amide bonds. The lowest BCUT2D eigenvalue weighted by atomic mass is 9.74. The lowest BCUT2D eigenvalue weighted by molar-refractivity contribution is -0.156. The molecule has 0 bridgehead atoms. The highest BCUT2D eigenvalue weighted by atomic mass is 16.5. The van der Waals surface area contributed by atoms with Crippen molar-refractivity contribution in [1.29, 1.82) is 0 Å². The maximum Gasteiger partial charge on any atom is 0.311 e. The summed E-state index contributed by atoms with van der Waals surface area (Å²) in [5.41, 5.74) is -0.183. The van der Waals surface area contributed by atoms with Crippen LogP contribution in [0.3, 0.4) is 0 Å². The number of esters is 1. The van der Waals surface area contributed by atoms with Crippen LogP contribution in [-0.4, -0.2) is 38.1 Å². The van der Waals surface area contributed by atoms with E-state index in [0.29, 0.717) is 0 Å². The van der Waals surface area contributed by atoms with Crippen LogP contribution in [0.1, 0.15) is 39.0 Å². The van der Waals surface area contributed by atoms with Crippen LogP contribution in [0.25, 0.3) is 0 Å². The summed E-state index contributed by atoms with van der Waals surface area (Å²) in [5, 5.41) is 0. The Hall–Kier alpha value is -0.570. The zero-order valence-electron chi connectivity index (χ0n) is 10.2. The van der Waals surface area contributed by atoms with Crippen molar-refractivity contribution >= 4 is 5.97 Å². The number of ether oxygens (including phenoxy) is 1. The van der Waals surface area contributed by atoms with Crippen molar-refractivity contribution in [2.45, 2.75) is 39.0 Å². The summed E-state index contributed by atoms with van der Waals surface area (Å²) in [5.74, 6) is 0.00375. The number of nitrogens with zero attached hydrogens (tertiary/aromatic N) is 1. The molecule has 0 aliphatic carbocycles. The summed E-state index contributed by atoms with van der Waals surface area (Å²) in [6.45, 7) is 4.19. The summed E-state index contributed by atoms with van der Waals surface area (Å²) in [6.07, 6.45) is 5.17. The third kappa shape index (κ3) is 2.94. The highest BCUT2D eigenvalue weighted by molar-refractivity contribution is 5.76. The second kappa shape index (κ2) is 5.50. The molecular weight excluding hydrogens is 190 g/mol. The van der Waals surface area contributed by atoms with Gasteiger partial charge in [-0.3, -0.25) is 4.79 Å². The number of likely N-dealkylation sites (tertiary alicyclic amines) is 1. The minimum atomic E-state index is -0.183. The van der Waals surface area contributed by atoms with Gasteiger partial charge < -0.3 is 9.64 Å². The second-order valence-corrected chi connectivity index (χ2v) is 4.68. The molecule has 15 heavy (non-hydrogen) atoms. The van der Waals surface area contributed by atoms with Crippen LogP contribution in [0.4, 0.5) is 0 Å². The molecule has 1 saturated heterocycles. The maximum atomic E-state index is 11.9. The molecule has 0 radical (unpaired) electrons. The summed E-state index contributed by atoms with van der Waals surface area (Å²) >= 11 is 0. The Bertz CT molecular complexity index is 202. The Kier molecular flexibility index (Phi) is 4.58. The molecule has 1 aliphatic rings. The van der Waals surface area contributed by atoms with Crippen LogP contribution in [-0.2, 0) is 9.53 Å². The topological polar surface area (TPSA) is 29.5 Å². The Morgan fingerprint density at radius 1 is 1.40 bits per heavy atom. The number of hydrogen-bond donors (Lipinski definition) is 0. The molecule has 3 nitrogen and oxygen atoms in total. The predicted octanol–water partition coefficient (Wildman–Crippen LogP) is 2.06. The van der Waals surface area contributed by atoms with E-state index in [-0.39, 0.29) is 11.4 Å². The molecule has 0 spiro atoms. The van der Waals surface area contributed by atoms with Gasteiger partial charge in [-0.15, -0.1) is 0 Å². The maximum absolute atomic E-state index is 11.9. The van der Waals surface area contributed by atoms with E-state index in [0.717, 1.165) is 45.2 Å². The lowest BCUT2D eigenvalue weighted by Crippen LogP contribution is -2.43. The van der Waals surface area contributed by atoms with Crippen molar-refractivity contribution in [2.75, 3.05) is 27.2 Å². The van der Waals surface area contributed by atoms with E-state index in [1.165, 1.54) is 7.11 Å². The van der Waals surface area contributed by atoms with Crippen LogP contribution in [0.15, 0.2) is 0 Å². The number of carbonyl (C=O) groups excluding carboxylic acids is 1. The van der Waals surface area contributed by atoms with Crippen molar-refractivity contribution < 1.29 is 9.53 Å². The summed E-state index contributed by atoms with van der Waals surface area (Å²) in [4.78, 5) is 14.1. The molecule has 0 N–H and O–H groups in total. The van der Waals surface area contributed by atoms with E-state index in [9.17, 15) is 4.79 Å². The van der Waals surface area contributed by atoms with Gasteiger partial charge in [0.15, 0.2) is 0 Å². The van der Waals surface area contributed by atoms with Crippen LogP contribution in [0.2, 0.25) is 0 Å². The number of hydrogen-bond acceptors (Lipinski definition) is 3. The van der Waals surface area contributed by atoms with Gasteiger partial charge in [0.25, 0.3) is 0 Å². The average molecular weight is 213 g/mol. The fraction of sp³-hybridized carbons (Fsp3) is 0.917. The first-order valence-electron chi connectivity index (χ1n) is 5.91. The molecule has 0 aromatic rings. The molecule has 0 aromatic carbocycles. The molecule has 0 saturated carbocycles. The molecular formula is C12H23NO2. The third-order valence-electron chi connectivity index (χ3n) is 3.57. The highest BCUT2D eigenvalue weighted by Crippen LogP contribution is 2.37. The fourth-order valence-electron chi connectivity index (χ4n) is 2.33. The van der Waals surface area contributed by atoms with Gasteiger partial charge in [-0.05, 0) is 39.4 Å². The van der Waals surface area contributed by atoms with Crippen LogP contribution in [0, 0.1) is 5.41 Å². The SMILES string of the molecule is CCCCC1(C(=O)OC)CCN(C)CC1. The number of rotatable bonds is 4. The van der Waals surface area contributed by atoms with E-state index in [1.54, 1.807) is 0 Å². The van der Waals surface area contributed by atoms with E-state index in [2.05, 4.69) is 18.9 Å². The third-order valence-corrected chi connectivity index (χ3v) is 3.57. The van der Waals surface area contributed by atoms with Gasteiger partial charge in [0.1, 0.15) is 0 Å². The quantitative estimate of drug-likeness (QED) is 0.669. The van der Waals surface area contributed by atoms with Gasteiger partial charge in [-0.25, -0.2) is 0 Å². The van der Waals surface area contributed by atoms with Crippen molar-refractivity contribution in [3.05, 3.63) is 0 Å². The van der Waals surface area contributed by atoms with Crippen molar-refractivity contribution in [3.63, 3.8) is 0 Å². The fourth-order valence-corrected chi connectivity index (χ4v) is 2.33. The van der Waals surface area contributed by atoms with Crippen LogP contribution < -0.4 is 0 Å². The van der Waals surface area contributed by atoms with Gasteiger partial charge >= 0.3 is 5.97 Å². The molecule has 1 aliphatic heterocycles. The minimum Gasteiger partial charge on any atom is -0.469 e. The molecule has 88 valence electrons. The van der Waals surface area contributed by atoms with Crippen LogP contribution in [0.5, 0.6) is 0 Å². The molecule has 1 heterocycles. The predicted molar refractivity (Wildman–Crippen MR) is 60.7 cm³/mol. The highest BCUT2D eigenvalue weighted by Gasteiger charge is 2.40. The van der Waals surface area contributed by atoms with Crippen molar-refractivity contribution in [3.8, 4) is 0 Å². The minimum absolute atomic E-state index is 0.00375. The molecule has 1 rings (SSSR count). The average Bonchev–Trinajstić information content (AvgIpc) is 2.28. The smallest absolute Gasteiger partial charge is 0.311 e. The summed E-state index contributed by atoms with van der Waals surface area (Å²) < 4.78 is 4.97. The monoisotopic (exact) mass is 213 g/mol. The van der Waals surface area contributed by atoms with Crippen molar-refractivity contribution in [2.24, 2.45) is 5.41 Å². The van der Waals surface area contributed by atoms with Gasteiger partial charge in [-0.1, -0.05) is 19.8 Å². The normalized spacial score (nSPS) is 21.3. The summed E-state index contributed by atoms with van der Waals surface area (Å²) in [6, 6.07) is 0. The number of unbranched alkanes of at least 4 members (excludes halogenated alkanes) is 1. The molecule has 0 unspecified atom stereocenters. The Morgan fingerprint density at radius 2 is 2.00 bits per heavy atom. The van der Waals surface area contributed by atoms with Gasteiger partial charge in [-0.2, -0.15) is 0 Å².